The Kier molecular flexibility index (Phi) is 2.95. The lowest BCUT2D eigenvalue weighted by Crippen LogP contribution is -2.05. The molecule has 1 heterocycles. The third-order valence-electron chi connectivity index (χ3n) is 3.41. The molecule has 0 saturated heterocycles. The van der Waals surface area contributed by atoms with Gasteiger partial charge in [0.15, 0.2) is 22.8 Å². The van der Waals surface area contributed by atoms with E-state index in [9.17, 15) is 20.1 Å². The third-order valence-corrected chi connectivity index (χ3v) is 3.41. The number of rotatable bonds is 2. The number of fused-ring (bicyclic) bond motifs is 3. The van der Waals surface area contributed by atoms with Gasteiger partial charge in [-0.1, -0.05) is 18.2 Å². The highest BCUT2D eigenvalue weighted by Crippen LogP contribution is 2.42. The Morgan fingerprint density at radius 2 is 1.81 bits per heavy atom. The third kappa shape index (κ3) is 1.88. The van der Waals surface area contributed by atoms with Crippen LogP contribution in [0.2, 0.25) is 0 Å². The fraction of sp³-hybridized carbons (Fsp3) is 0.133. The molecule has 6 heteroatoms. The summed E-state index contributed by atoms with van der Waals surface area (Å²) in [5.41, 5.74) is -0.307. The van der Waals surface area contributed by atoms with Gasteiger partial charge in [-0.2, -0.15) is 0 Å². The molecule has 0 unspecified atom stereocenters. The van der Waals surface area contributed by atoms with Crippen LogP contribution in [0, 0.1) is 0 Å². The van der Waals surface area contributed by atoms with Crippen molar-refractivity contribution < 1.29 is 24.8 Å². The van der Waals surface area contributed by atoms with E-state index in [1.165, 1.54) is 0 Å². The number of hydrogen-bond donors (Lipinski definition) is 4. The molecular weight excluding hydrogens is 276 g/mol. The van der Waals surface area contributed by atoms with E-state index in [0.717, 1.165) is 6.07 Å². The van der Waals surface area contributed by atoms with Gasteiger partial charge in [0, 0.05) is 18.1 Å². The molecule has 0 aliphatic rings. The highest BCUT2D eigenvalue weighted by molar-refractivity contribution is 6.10. The number of aromatic hydroxyl groups is 3. The molecule has 0 aliphatic heterocycles. The van der Waals surface area contributed by atoms with Crippen molar-refractivity contribution in [2.24, 2.45) is 0 Å². The molecule has 0 bridgehead atoms. The smallest absolute Gasteiger partial charge is 0.344 e. The van der Waals surface area contributed by atoms with Crippen molar-refractivity contribution in [3.05, 3.63) is 40.2 Å². The normalized spacial score (nSPS) is 11.3. The predicted molar refractivity (Wildman–Crippen MR) is 75.8 cm³/mol. The number of hydrogen-bond acceptors (Lipinski definition) is 6. The van der Waals surface area contributed by atoms with Crippen molar-refractivity contribution >= 4 is 21.7 Å². The molecular formula is C15H12O6. The van der Waals surface area contributed by atoms with E-state index < -0.39 is 22.9 Å². The highest BCUT2D eigenvalue weighted by Gasteiger charge is 2.19. The summed E-state index contributed by atoms with van der Waals surface area (Å²) >= 11 is 0. The Labute approximate surface area is 118 Å². The Bertz CT molecular complexity index is 910. The lowest BCUT2D eigenvalue weighted by molar-refractivity contribution is 0.300. The second-order valence-corrected chi connectivity index (χ2v) is 4.67. The van der Waals surface area contributed by atoms with Crippen LogP contribution in [0.4, 0.5) is 0 Å². The zero-order valence-corrected chi connectivity index (χ0v) is 10.8. The van der Waals surface area contributed by atoms with Crippen LogP contribution >= 0.6 is 0 Å². The van der Waals surface area contributed by atoms with Crippen molar-refractivity contribution in [2.45, 2.75) is 6.42 Å². The first-order chi connectivity index (χ1) is 10.0. The lowest BCUT2D eigenvalue weighted by Gasteiger charge is -2.10. The molecule has 3 rings (SSSR count). The lowest BCUT2D eigenvalue weighted by atomic mass is 10.0. The van der Waals surface area contributed by atoms with E-state index >= 15 is 0 Å². The largest absolute Gasteiger partial charge is 0.504 e. The van der Waals surface area contributed by atoms with Crippen molar-refractivity contribution in [3.8, 4) is 17.2 Å². The molecule has 21 heavy (non-hydrogen) atoms. The molecule has 0 aliphatic carbocycles. The standard InChI is InChI=1S/C15H12O6/c16-5-4-7-2-1-3-8-11(7)15(20)21-14-10(18)6-9(17)13(19)12(8)14/h1-3,6,16-19H,4-5H2. The molecule has 2 aromatic carbocycles. The first-order valence-electron chi connectivity index (χ1n) is 6.27. The minimum Gasteiger partial charge on any atom is -0.504 e. The average molecular weight is 288 g/mol. The van der Waals surface area contributed by atoms with E-state index in [0.29, 0.717) is 10.9 Å². The number of phenolic OH excluding ortho intramolecular Hbond substituents is 3. The van der Waals surface area contributed by atoms with E-state index in [1.807, 2.05) is 0 Å². The minimum absolute atomic E-state index is 0.0573. The van der Waals surface area contributed by atoms with Crippen LogP contribution in [-0.4, -0.2) is 27.0 Å². The SMILES string of the molecule is O=c1oc2c(O)cc(O)c(O)c2c2cccc(CCO)c12. The van der Waals surface area contributed by atoms with Gasteiger partial charge < -0.3 is 24.8 Å². The van der Waals surface area contributed by atoms with Gasteiger partial charge in [0.25, 0.3) is 0 Å². The van der Waals surface area contributed by atoms with Gasteiger partial charge in [-0.15, -0.1) is 0 Å². The summed E-state index contributed by atoms with van der Waals surface area (Å²) in [6.45, 7) is -0.145. The minimum atomic E-state index is -0.679. The first-order valence-corrected chi connectivity index (χ1v) is 6.27. The van der Waals surface area contributed by atoms with E-state index in [4.69, 9.17) is 9.52 Å². The summed E-state index contributed by atoms with van der Waals surface area (Å²) in [6.07, 6.45) is 0.249. The van der Waals surface area contributed by atoms with Gasteiger partial charge in [-0.05, 0) is 12.0 Å². The average Bonchev–Trinajstić information content (AvgIpc) is 2.45. The maximum atomic E-state index is 12.1. The van der Waals surface area contributed by atoms with Crippen LogP contribution in [0.1, 0.15) is 5.56 Å². The quantitative estimate of drug-likeness (QED) is 0.247. The van der Waals surface area contributed by atoms with E-state index in [2.05, 4.69) is 0 Å². The molecule has 0 spiro atoms. The van der Waals surface area contributed by atoms with Crippen LogP contribution in [0.3, 0.4) is 0 Å². The summed E-state index contributed by atoms with van der Waals surface area (Å²) < 4.78 is 5.07. The monoisotopic (exact) mass is 288 g/mol. The molecule has 1 aromatic heterocycles. The fourth-order valence-corrected chi connectivity index (χ4v) is 2.50. The van der Waals surface area contributed by atoms with Gasteiger partial charge in [0.05, 0.1) is 10.8 Å². The Hall–Kier alpha value is -2.73. The van der Waals surface area contributed by atoms with E-state index in [-0.39, 0.29) is 29.4 Å². The number of benzene rings is 2. The topological polar surface area (TPSA) is 111 Å². The summed E-state index contributed by atoms with van der Waals surface area (Å²) in [5.74, 6) is -1.42. The van der Waals surface area contributed by atoms with Gasteiger partial charge >= 0.3 is 5.63 Å². The summed E-state index contributed by atoms with van der Waals surface area (Å²) in [6, 6.07) is 5.81. The van der Waals surface area contributed by atoms with Gasteiger partial charge in [-0.3, -0.25) is 0 Å². The molecule has 3 aromatic rings. The predicted octanol–water partition coefficient (Wildman–Crippen LogP) is 1.60. The van der Waals surface area contributed by atoms with Crippen LogP contribution in [0.5, 0.6) is 17.2 Å². The summed E-state index contributed by atoms with van der Waals surface area (Å²) in [4.78, 5) is 12.1. The fourth-order valence-electron chi connectivity index (χ4n) is 2.50. The molecule has 0 fully saturated rings. The van der Waals surface area contributed by atoms with Crippen molar-refractivity contribution in [1.82, 2.24) is 0 Å². The Morgan fingerprint density at radius 3 is 2.52 bits per heavy atom. The molecule has 0 saturated carbocycles. The second-order valence-electron chi connectivity index (χ2n) is 4.67. The first kappa shape index (κ1) is 13.3. The molecule has 4 N–H and O–H groups in total. The van der Waals surface area contributed by atoms with Crippen LogP contribution < -0.4 is 5.63 Å². The van der Waals surface area contributed by atoms with Crippen molar-refractivity contribution in [1.29, 1.82) is 0 Å². The van der Waals surface area contributed by atoms with Gasteiger partial charge in [0.2, 0.25) is 0 Å². The highest BCUT2D eigenvalue weighted by atomic mass is 16.4. The van der Waals surface area contributed by atoms with Crippen LogP contribution in [0.25, 0.3) is 21.7 Å². The molecule has 108 valence electrons. The maximum Gasteiger partial charge on any atom is 0.344 e. The zero-order chi connectivity index (χ0) is 15.1. The number of aliphatic hydroxyl groups excluding tert-OH is 1. The second kappa shape index (κ2) is 4.68. The van der Waals surface area contributed by atoms with Crippen LogP contribution in [0.15, 0.2) is 33.5 Å². The molecule has 0 amide bonds. The number of aliphatic hydroxyl groups is 1. The maximum absolute atomic E-state index is 12.1. The summed E-state index contributed by atoms with van der Waals surface area (Å²) in [7, 11) is 0. The van der Waals surface area contributed by atoms with Gasteiger partial charge in [-0.25, -0.2) is 4.79 Å². The molecule has 0 radical (unpaired) electrons. The van der Waals surface area contributed by atoms with Gasteiger partial charge in [0.1, 0.15) is 0 Å². The Balaban J connectivity index is 2.60. The van der Waals surface area contributed by atoms with E-state index in [1.54, 1.807) is 18.2 Å². The van der Waals surface area contributed by atoms with Crippen molar-refractivity contribution in [3.63, 3.8) is 0 Å². The Morgan fingerprint density at radius 1 is 1.05 bits per heavy atom. The van der Waals surface area contributed by atoms with Crippen LogP contribution in [-0.2, 0) is 6.42 Å². The summed E-state index contributed by atoms with van der Waals surface area (Å²) in [5, 5.41) is 39.1. The molecule has 6 nitrogen and oxygen atoms in total. The number of phenols is 3. The molecule has 0 atom stereocenters. The zero-order valence-electron chi connectivity index (χ0n) is 10.8. The van der Waals surface area contributed by atoms with Crippen molar-refractivity contribution in [2.75, 3.05) is 6.61 Å².